The molecule has 8 aromatic rings. The van der Waals surface area contributed by atoms with Crippen molar-refractivity contribution in [3.05, 3.63) is 222 Å². The number of rotatable bonds is 7. The van der Waals surface area contributed by atoms with Crippen molar-refractivity contribution < 1.29 is 4.42 Å². The van der Waals surface area contributed by atoms with Crippen molar-refractivity contribution in [3.8, 4) is 44.9 Å². The van der Waals surface area contributed by atoms with E-state index in [2.05, 4.69) is 196 Å². The Morgan fingerprint density at radius 1 is 0.565 bits per heavy atom. The van der Waals surface area contributed by atoms with Gasteiger partial charge in [0.05, 0.1) is 11.4 Å². The third kappa shape index (κ3) is 6.73. The van der Waals surface area contributed by atoms with E-state index in [1.165, 1.54) is 44.7 Å². The lowest BCUT2D eigenvalue weighted by atomic mass is 9.76. The van der Waals surface area contributed by atoms with Crippen molar-refractivity contribution in [2.75, 3.05) is 7.05 Å². The molecule has 0 amide bonds. The van der Waals surface area contributed by atoms with Crippen molar-refractivity contribution in [2.24, 2.45) is 11.8 Å². The molecule has 0 bridgehead atoms. The predicted molar refractivity (Wildman–Crippen MR) is 256 cm³/mol. The van der Waals surface area contributed by atoms with Gasteiger partial charge >= 0.3 is 0 Å². The monoisotopic (exact) mass is 801 g/mol. The number of fused-ring (bicyclic) bond motifs is 4. The predicted octanol–water partition coefficient (Wildman–Crippen LogP) is 14.7. The fraction of sp³-hybridized carbons (Fsp3) is 0.138. The van der Waals surface area contributed by atoms with Gasteiger partial charge in [0.1, 0.15) is 17.4 Å². The Labute approximate surface area is 364 Å². The molecule has 4 nitrogen and oxygen atoms in total. The summed E-state index contributed by atoms with van der Waals surface area (Å²) in [7, 11) is 2.26. The van der Waals surface area contributed by atoms with Crippen LogP contribution in [0.15, 0.2) is 198 Å². The minimum absolute atomic E-state index is 0.117. The number of aromatic nitrogens is 2. The summed E-state index contributed by atoms with van der Waals surface area (Å²) in [6, 6.07) is 58.4. The molecule has 2 unspecified atom stereocenters. The van der Waals surface area contributed by atoms with Gasteiger partial charge in [0.2, 0.25) is 0 Å². The summed E-state index contributed by atoms with van der Waals surface area (Å²) < 4.78 is 7.00. The van der Waals surface area contributed by atoms with Gasteiger partial charge in [-0.2, -0.15) is 0 Å². The fourth-order valence-electron chi connectivity index (χ4n) is 9.77. The van der Waals surface area contributed by atoms with E-state index in [-0.39, 0.29) is 6.04 Å². The van der Waals surface area contributed by atoms with E-state index in [9.17, 15) is 0 Å². The van der Waals surface area contributed by atoms with Gasteiger partial charge in [0.15, 0.2) is 5.82 Å². The van der Waals surface area contributed by atoms with Crippen LogP contribution in [-0.2, 0) is 0 Å². The van der Waals surface area contributed by atoms with Gasteiger partial charge in [0.25, 0.3) is 0 Å². The second-order valence-corrected chi connectivity index (χ2v) is 17.1. The van der Waals surface area contributed by atoms with Gasteiger partial charge in [-0.15, -0.1) is 0 Å². The van der Waals surface area contributed by atoms with Crippen molar-refractivity contribution in [2.45, 2.75) is 32.7 Å². The highest BCUT2D eigenvalue weighted by Gasteiger charge is 2.41. The van der Waals surface area contributed by atoms with E-state index in [1.54, 1.807) is 0 Å². The van der Waals surface area contributed by atoms with Crippen LogP contribution in [0, 0.1) is 11.8 Å². The Hall–Kier alpha value is -7.30. The van der Waals surface area contributed by atoms with Crippen molar-refractivity contribution in [3.63, 3.8) is 0 Å². The third-order valence-corrected chi connectivity index (χ3v) is 12.9. The smallest absolute Gasteiger partial charge is 0.160 e. The first kappa shape index (κ1) is 37.7. The number of para-hydroxylation sites is 1. The van der Waals surface area contributed by atoms with Crippen LogP contribution in [-0.4, -0.2) is 21.9 Å². The minimum Gasteiger partial charge on any atom is -0.458 e. The Balaban J connectivity index is 1.00. The van der Waals surface area contributed by atoms with Gasteiger partial charge in [-0.3, -0.25) is 0 Å². The Morgan fingerprint density at radius 3 is 1.97 bits per heavy atom. The Kier molecular flexibility index (Phi) is 9.50. The standard InChI is InChI=1S/C58H47N3O/c1-37-27-30-40(31-28-37)50-36-51(60-58(59-50)41-17-8-5-9-18-41)46-23-13-20-43(34-46)44-21-14-24-47(35-44)56-57-54(49-25-10-11-26-52(49)62-57)53-48(32-29-38(2)55(53)61(56)3)45-22-12-19-42(33-45)39-15-6-4-7-16-39/h4-27,30-38,56H,28-29H2,1-3H3/t37?,38-,56?/m1/s1. The summed E-state index contributed by atoms with van der Waals surface area (Å²) in [5, 5.41) is 1.16. The number of benzene rings is 6. The van der Waals surface area contributed by atoms with Crippen molar-refractivity contribution >= 4 is 27.7 Å². The average Bonchev–Trinajstić information content (AvgIpc) is 3.71. The molecule has 11 rings (SSSR count). The van der Waals surface area contributed by atoms with Crippen LogP contribution < -0.4 is 0 Å². The highest BCUT2D eigenvalue weighted by molar-refractivity contribution is 6.13. The maximum absolute atomic E-state index is 7.00. The molecule has 0 fully saturated rings. The van der Waals surface area contributed by atoms with Crippen LogP contribution >= 0.6 is 0 Å². The van der Waals surface area contributed by atoms with Crippen LogP contribution in [0.3, 0.4) is 0 Å². The third-order valence-electron chi connectivity index (χ3n) is 12.9. The molecule has 3 atom stereocenters. The van der Waals surface area contributed by atoms with E-state index in [4.69, 9.17) is 14.4 Å². The van der Waals surface area contributed by atoms with E-state index < -0.39 is 0 Å². The second-order valence-electron chi connectivity index (χ2n) is 17.1. The number of allylic oxidation sites excluding steroid dienone is 8. The highest BCUT2D eigenvalue weighted by atomic mass is 16.3. The molecule has 300 valence electrons. The van der Waals surface area contributed by atoms with Crippen molar-refractivity contribution in [1.82, 2.24) is 14.9 Å². The molecule has 3 heterocycles. The molecule has 62 heavy (non-hydrogen) atoms. The zero-order valence-corrected chi connectivity index (χ0v) is 35.3. The quantitative estimate of drug-likeness (QED) is 0.161. The van der Waals surface area contributed by atoms with E-state index in [0.717, 1.165) is 74.6 Å². The largest absolute Gasteiger partial charge is 0.458 e. The second kappa shape index (κ2) is 15.6. The first-order chi connectivity index (χ1) is 30.5. The summed E-state index contributed by atoms with van der Waals surface area (Å²) in [5.41, 5.74) is 18.2. The van der Waals surface area contributed by atoms with Crippen LogP contribution in [0.2, 0.25) is 0 Å². The lowest BCUT2D eigenvalue weighted by Crippen LogP contribution is -2.34. The summed E-state index contributed by atoms with van der Waals surface area (Å²) in [4.78, 5) is 12.7. The van der Waals surface area contributed by atoms with Crippen LogP contribution in [0.25, 0.3) is 72.6 Å². The molecule has 2 aliphatic carbocycles. The topological polar surface area (TPSA) is 42.2 Å². The molecule has 0 saturated carbocycles. The molecular formula is C58H47N3O. The van der Waals surface area contributed by atoms with Gasteiger partial charge in [-0.25, -0.2) is 9.97 Å². The maximum atomic E-state index is 7.00. The lowest BCUT2D eigenvalue weighted by Gasteiger charge is -2.42. The highest BCUT2D eigenvalue weighted by Crippen LogP contribution is 2.54. The molecule has 3 aliphatic rings. The Bertz CT molecular complexity index is 3130. The van der Waals surface area contributed by atoms with Gasteiger partial charge in [-0.05, 0) is 93.6 Å². The van der Waals surface area contributed by atoms with Crippen molar-refractivity contribution in [1.29, 1.82) is 0 Å². The summed E-state index contributed by atoms with van der Waals surface area (Å²) in [5.74, 6) is 2.56. The maximum Gasteiger partial charge on any atom is 0.160 e. The number of hydrogen-bond donors (Lipinski definition) is 0. The van der Waals surface area contributed by atoms with Crippen LogP contribution in [0.1, 0.15) is 60.9 Å². The Morgan fingerprint density at radius 2 is 1.19 bits per heavy atom. The first-order valence-electron chi connectivity index (χ1n) is 21.9. The molecule has 4 heteroatoms. The molecule has 0 N–H and O–H groups in total. The van der Waals surface area contributed by atoms with E-state index in [1.807, 2.05) is 18.2 Å². The molecule has 0 radical (unpaired) electrons. The molecular weight excluding hydrogens is 755 g/mol. The number of hydrogen-bond acceptors (Lipinski definition) is 4. The molecule has 2 aromatic heterocycles. The number of furan rings is 1. The average molecular weight is 802 g/mol. The zero-order valence-electron chi connectivity index (χ0n) is 35.3. The fourth-order valence-corrected chi connectivity index (χ4v) is 9.77. The first-order valence-corrected chi connectivity index (χ1v) is 21.9. The molecule has 6 aromatic carbocycles. The van der Waals surface area contributed by atoms with Crippen LogP contribution in [0.4, 0.5) is 0 Å². The van der Waals surface area contributed by atoms with Crippen LogP contribution in [0.5, 0.6) is 0 Å². The lowest BCUT2D eigenvalue weighted by molar-refractivity contribution is 0.275. The van der Waals surface area contributed by atoms with E-state index in [0.29, 0.717) is 11.8 Å². The molecule has 0 spiro atoms. The summed E-state index contributed by atoms with van der Waals surface area (Å²) in [6.45, 7) is 4.62. The van der Waals surface area contributed by atoms with Gasteiger partial charge in [0, 0.05) is 46.3 Å². The minimum atomic E-state index is -0.117. The summed E-state index contributed by atoms with van der Waals surface area (Å²) >= 11 is 0. The number of nitrogens with zero attached hydrogens (tertiary/aromatic N) is 3. The van der Waals surface area contributed by atoms with Gasteiger partial charge < -0.3 is 9.32 Å². The molecule has 1 aliphatic heterocycles. The zero-order chi connectivity index (χ0) is 41.7. The normalized spacial score (nSPS) is 18.3. The SMILES string of the molecule is CC1C=CC(c2cc(-c3cccc(-c4cccc(C5c6oc7ccccc7c6C6=C([C@H](C)CC=C6c6cccc(-c7ccccc7)c6)N5C)c4)c3)nc(-c3ccccc3)n2)=CC1. The summed E-state index contributed by atoms with van der Waals surface area (Å²) in [6.07, 6.45) is 11.2. The van der Waals surface area contributed by atoms with E-state index >= 15 is 0 Å². The van der Waals surface area contributed by atoms with Gasteiger partial charge in [-0.1, -0.05) is 172 Å². The molecule has 0 saturated heterocycles.